The minimum Gasteiger partial charge on any atom is -0.454 e. The SMILES string of the molecule is c1ccc2c(c1)N=c1ccc3c(c1-2)N=c1ccccc1=3.c1ccc2c(c1)oc1cccnc12.c1cnnnc1. The fourth-order valence-electron chi connectivity index (χ4n) is 4.85. The van der Waals surface area contributed by atoms with Crippen LogP contribution in [-0.2, 0) is 0 Å². The highest BCUT2D eigenvalue weighted by Gasteiger charge is 2.19. The van der Waals surface area contributed by atoms with Gasteiger partial charge in [-0.3, -0.25) is 4.98 Å². The third kappa shape index (κ3) is 4.12. The van der Waals surface area contributed by atoms with Gasteiger partial charge >= 0.3 is 0 Å². The first-order valence-corrected chi connectivity index (χ1v) is 12.5. The summed E-state index contributed by atoms with van der Waals surface area (Å²) in [6, 6.07) is 34.3. The van der Waals surface area contributed by atoms with Crippen molar-refractivity contribution in [3.63, 3.8) is 0 Å². The highest BCUT2D eigenvalue weighted by molar-refractivity contribution is 6.02. The molecule has 4 aromatic carbocycles. The Bertz CT molecular complexity index is 2120. The summed E-state index contributed by atoms with van der Waals surface area (Å²) < 4.78 is 5.59. The second-order valence-electron chi connectivity index (χ2n) is 8.87. The maximum absolute atomic E-state index is 5.59. The van der Waals surface area contributed by atoms with Crippen LogP contribution in [0.2, 0.25) is 0 Å². The highest BCUT2D eigenvalue weighted by Crippen LogP contribution is 2.38. The van der Waals surface area contributed by atoms with Crippen molar-refractivity contribution >= 4 is 33.4 Å². The van der Waals surface area contributed by atoms with E-state index in [1.165, 1.54) is 21.6 Å². The molecule has 0 N–H and O–H groups in total. The van der Waals surface area contributed by atoms with Crippen LogP contribution in [0.5, 0.6) is 0 Å². The molecule has 3 aromatic heterocycles. The molecule has 9 rings (SSSR count). The maximum atomic E-state index is 5.59. The van der Waals surface area contributed by atoms with Gasteiger partial charge in [-0.15, -0.1) is 10.2 Å². The number of furan rings is 1. The number of hydrogen-bond acceptors (Lipinski definition) is 7. The fourth-order valence-corrected chi connectivity index (χ4v) is 4.85. The van der Waals surface area contributed by atoms with Gasteiger partial charge in [-0.2, -0.15) is 0 Å². The first kappa shape index (κ1) is 22.6. The molecule has 5 heterocycles. The third-order valence-electron chi connectivity index (χ3n) is 6.54. The number of benzene rings is 4. The Morgan fingerprint density at radius 1 is 0.538 bits per heavy atom. The van der Waals surface area contributed by atoms with E-state index in [0.717, 1.165) is 44.2 Å². The Balaban J connectivity index is 0.000000114. The number of hydrogen-bond donors (Lipinski definition) is 0. The van der Waals surface area contributed by atoms with Crippen LogP contribution >= 0.6 is 0 Å². The van der Waals surface area contributed by atoms with E-state index in [-0.39, 0.29) is 0 Å². The van der Waals surface area contributed by atoms with Gasteiger partial charge < -0.3 is 4.42 Å². The fraction of sp³-hybridized carbons (Fsp3) is 0. The zero-order valence-corrected chi connectivity index (χ0v) is 20.6. The van der Waals surface area contributed by atoms with Crippen LogP contribution in [0.3, 0.4) is 0 Å². The highest BCUT2D eigenvalue weighted by atomic mass is 16.3. The molecule has 0 fully saturated rings. The van der Waals surface area contributed by atoms with Gasteiger partial charge in [-0.1, -0.05) is 48.5 Å². The molecule has 0 saturated heterocycles. The quantitative estimate of drug-likeness (QED) is 0.252. The van der Waals surface area contributed by atoms with Gasteiger partial charge in [0, 0.05) is 33.1 Å². The van der Waals surface area contributed by atoms with Crippen LogP contribution in [0.25, 0.3) is 33.2 Å². The molecule has 0 unspecified atom stereocenters. The van der Waals surface area contributed by atoms with E-state index >= 15 is 0 Å². The average molecular weight is 505 g/mol. The minimum atomic E-state index is 0.851. The van der Waals surface area contributed by atoms with Crippen LogP contribution in [0.4, 0.5) is 11.4 Å². The number of aromatic nitrogens is 4. The molecular weight excluding hydrogens is 484 g/mol. The molecule has 0 radical (unpaired) electrons. The predicted octanol–water partition coefficient (Wildman–Crippen LogP) is 6.02. The van der Waals surface area contributed by atoms with E-state index in [1.54, 1.807) is 24.7 Å². The Kier molecular flexibility index (Phi) is 5.64. The Labute approximate surface area is 222 Å². The molecule has 0 amide bonds. The summed E-state index contributed by atoms with van der Waals surface area (Å²) in [5, 5.41) is 15.7. The zero-order chi connectivity index (χ0) is 26.0. The van der Waals surface area contributed by atoms with Gasteiger partial charge in [0.2, 0.25) is 0 Å². The summed E-state index contributed by atoms with van der Waals surface area (Å²) in [6.07, 6.45) is 4.93. The summed E-state index contributed by atoms with van der Waals surface area (Å²) >= 11 is 0. The normalized spacial score (nSPS) is 11.5. The lowest BCUT2D eigenvalue weighted by Crippen LogP contribution is -2.00. The summed E-state index contributed by atoms with van der Waals surface area (Å²) in [4.78, 5) is 13.8. The van der Waals surface area contributed by atoms with Crippen molar-refractivity contribution in [2.75, 3.05) is 0 Å². The van der Waals surface area contributed by atoms with E-state index < -0.39 is 0 Å². The van der Waals surface area contributed by atoms with Crippen LogP contribution in [-0.4, -0.2) is 20.4 Å². The van der Waals surface area contributed by atoms with Crippen molar-refractivity contribution in [1.29, 1.82) is 0 Å². The second kappa shape index (κ2) is 9.72. The molecule has 184 valence electrons. The molecular formula is C32H20N6O. The van der Waals surface area contributed by atoms with Gasteiger partial charge in [-0.25, -0.2) is 9.98 Å². The van der Waals surface area contributed by atoms with Gasteiger partial charge in [0.05, 0.1) is 34.5 Å². The Morgan fingerprint density at radius 2 is 1.33 bits per heavy atom. The number of rotatable bonds is 0. The van der Waals surface area contributed by atoms with Gasteiger partial charge in [0.1, 0.15) is 11.1 Å². The number of para-hydroxylation sites is 3. The standard InChI is InChI=1S/C18H10N2.C11H7NO.C3H3N3/c1-3-7-14-11(5-1)12-9-10-16-17(18(12)20-14)13-6-2-4-8-15(13)19-16;1-2-5-9-8(4-1)11-10(13-9)6-3-7-12-11;1-2-4-6-5-3-1/h1-10H;1-7H;1-3H. The molecule has 39 heavy (non-hydrogen) atoms. The summed E-state index contributed by atoms with van der Waals surface area (Å²) in [5.74, 6) is 0. The molecule has 7 nitrogen and oxygen atoms in total. The molecule has 0 spiro atoms. The molecule has 0 saturated carbocycles. The van der Waals surface area contributed by atoms with Crippen molar-refractivity contribution in [3.05, 3.63) is 143 Å². The second-order valence-corrected chi connectivity index (χ2v) is 8.87. The van der Waals surface area contributed by atoms with Gasteiger partial charge in [0.25, 0.3) is 0 Å². The lowest BCUT2D eigenvalue weighted by molar-refractivity contribution is 0.668. The molecule has 0 bridgehead atoms. The molecule has 2 aliphatic heterocycles. The molecule has 7 heteroatoms. The van der Waals surface area contributed by atoms with Crippen LogP contribution in [0, 0.1) is 10.4 Å². The van der Waals surface area contributed by atoms with E-state index in [9.17, 15) is 0 Å². The summed E-state index contributed by atoms with van der Waals surface area (Å²) in [5.41, 5.74) is 7.17. The van der Waals surface area contributed by atoms with Crippen LogP contribution in [0.1, 0.15) is 0 Å². The van der Waals surface area contributed by atoms with E-state index in [4.69, 9.17) is 14.4 Å². The largest absolute Gasteiger partial charge is 0.454 e. The summed E-state index contributed by atoms with van der Waals surface area (Å²) in [6.45, 7) is 0. The topological polar surface area (TPSA) is 89.4 Å². The van der Waals surface area contributed by atoms with Crippen LogP contribution in [0.15, 0.2) is 136 Å². The average Bonchev–Trinajstić information content (AvgIpc) is 3.69. The van der Waals surface area contributed by atoms with Gasteiger partial charge in [-0.05, 0) is 59.8 Å². The molecule has 2 aliphatic rings. The van der Waals surface area contributed by atoms with Gasteiger partial charge in [0.15, 0.2) is 5.58 Å². The third-order valence-corrected chi connectivity index (χ3v) is 6.54. The molecule has 7 aromatic rings. The van der Waals surface area contributed by atoms with E-state index in [1.807, 2.05) is 48.5 Å². The molecule has 0 aliphatic carbocycles. The minimum absolute atomic E-state index is 0.851. The molecule has 0 atom stereocenters. The summed E-state index contributed by atoms with van der Waals surface area (Å²) in [7, 11) is 0. The van der Waals surface area contributed by atoms with Crippen molar-refractivity contribution in [1.82, 2.24) is 20.4 Å². The maximum Gasteiger partial charge on any atom is 0.153 e. The monoisotopic (exact) mass is 504 g/mol. The van der Waals surface area contributed by atoms with Crippen molar-refractivity contribution in [2.24, 2.45) is 9.98 Å². The Hall–Kier alpha value is -5.56. The van der Waals surface area contributed by atoms with E-state index in [0.29, 0.717) is 0 Å². The van der Waals surface area contributed by atoms with Crippen molar-refractivity contribution in [3.8, 4) is 11.1 Å². The van der Waals surface area contributed by atoms with Crippen molar-refractivity contribution < 1.29 is 4.42 Å². The Morgan fingerprint density at radius 3 is 2.21 bits per heavy atom. The van der Waals surface area contributed by atoms with E-state index in [2.05, 4.69) is 68.9 Å². The predicted molar refractivity (Wildman–Crippen MR) is 149 cm³/mol. The number of fused-ring (bicyclic) bond motifs is 9. The lowest BCUT2D eigenvalue weighted by Gasteiger charge is -2.01. The lowest BCUT2D eigenvalue weighted by atomic mass is 10.0. The zero-order valence-electron chi connectivity index (χ0n) is 20.6. The first-order valence-electron chi connectivity index (χ1n) is 12.5. The smallest absolute Gasteiger partial charge is 0.153 e. The van der Waals surface area contributed by atoms with Crippen molar-refractivity contribution in [2.45, 2.75) is 0 Å². The van der Waals surface area contributed by atoms with Crippen LogP contribution < -0.4 is 10.7 Å². The first-order chi connectivity index (χ1) is 19.4. The number of pyridine rings is 1. The number of nitrogens with zero attached hydrogens (tertiary/aromatic N) is 6.